The topological polar surface area (TPSA) is 43.1 Å². The molecule has 4 nitrogen and oxygen atoms in total. The van der Waals surface area contributed by atoms with Crippen molar-refractivity contribution in [1.82, 2.24) is 14.9 Å². The predicted molar refractivity (Wildman–Crippen MR) is 102 cm³/mol. The molecule has 0 atom stereocenters. The third kappa shape index (κ3) is 3.66. The maximum atomic E-state index is 4.82. The van der Waals surface area contributed by atoms with Gasteiger partial charge in [0.2, 0.25) is 5.16 Å². The first-order valence-electron chi connectivity index (χ1n) is 8.55. The molecule has 0 unspecified atom stereocenters. The van der Waals surface area contributed by atoms with Crippen LogP contribution in [0.3, 0.4) is 0 Å². The van der Waals surface area contributed by atoms with E-state index < -0.39 is 0 Å². The standard InChI is InChI=1S/C20H20N4S/c1-15-10-12-17(13-11-15)18-14-25-20-22-21-19(24(20)23-18)9-5-8-16-6-3-2-4-7-16/h2-4,6-7,10-13H,5,8-9,14H2,1H3. The average Bonchev–Trinajstić information content (AvgIpc) is 3.06. The molecule has 0 saturated carbocycles. The highest BCUT2D eigenvalue weighted by atomic mass is 32.2. The molecule has 0 aliphatic carbocycles. The summed E-state index contributed by atoms with van der Waals surface area (Å²) in [5.41, 5.74) is 4.88. The second-order valence-corrected chi connectivity index (χ2v) is 7.19. The summed E-state index contributed by atoms with van der Waals surface area (Å²) in [4.78, 5) is 0. The molecular formula is C20H20N4S. The van der Waals surface area contributed by atoms with E-state index in [2.05, 4.69) is 71.7 Å². The minimum atomic E-state index is 0.839. The van der Waals surface area contributed by atoms with Gasteiger partial charge in [-0.2, -0.15) is 9.78 Å². The number of aromatic nitrogens is 3. The SMILES string of the molecule is Cc1ccc(C2=Nn3c(CCCc4ccccc4)nnc3SC2)cc1. The number of hydrogen-bond acceptors (Lipinski definition) is 4. The van der Waals surface area contributed by atoms with Crippen molar-refractivity contribution in [2.24, 2.45) is 5.10 Å². The van der Waals surface area contributed by atoms with Gasteiger partial charge in [-0.15, -0.1) is 10.2 Å². The summed E-state index contributed by atoms with van der Waals surface area (Å²) < 4.78 is 1.92. The van der Waals surface area contributed by atoms with Crippen LogP contribution in [0, 0.1) is 6.92 Å². The molecule has 0 N–H and O–H groups in total. The zero-order chi connectivity index (χ0) is 17.1. The van der Waals surface area contributed by atoms with Crippen LogP contribution in [0.1, 0.15) is 28.9 Å². The van der Waals surface area contributed by atoms with E-state index in [4.69, 9.17) is 5.10 Å². The Morgan fingerprint density at radius 1 is 0.960 bits per heavy atom. The maximum absolute atomic E-state index is 4.82. The molecule has 0 spiro atoms. The van der Waals surface area contributed by atoms with Crippen molar-refractivity contribution in [3.8, 4) is 0 Å². The zero-order valence-corrected chi connectivity index (χ0v) is 15.0. The van der Waals surface area contributed by atoms with Gasteiger partial charge in [-0.05, 0) is 30.9 Å². The van der Waals surface area contributed by atoms with Gasteiger partial charge in [0.25, 0.3) is 0 Å². The first kappa shape index (κ1) is 16.1. The molecule has 1 aromatic heterocycles. The van der Waals surface area contributed by atoms with E-state index in [1.54, 1.807) is 11.8 Å². The summed E-state index contributed by atoms with van der Waals surface area (Å²) in [6, 6.07) is 19.1. The lowest BCUT2D eigenvalue weighted by molar-refractivity contribution is 0.677. The second kappa shape index (κ2) is 7.23. The van der Waals surface area contributed by atoms with Crippen LogP contribution in [0.25, 0.3) is 0 Å². The van der Waals surface area contributed by atoms with Gasteiger partial charge in [-0.1, -0.05) is 71.9 Å². The van der Waals surface area contributed by atoms with Crippen LogP contribution in [0.2, 0.25) is 0 Å². The second-order valence-electron chi connectivity index (χ2n) is 6.25. The molecule has 3 aromatic rings. The maximum Gasteiger partial charge on any atom is 0.212 e. The van der Waals surface area contributed by atoms with Crippen molar-refractivity contribution in [2.75, 3.05) is 5.75 Å². The van der Waals surface area contributed by atoms with Crippen molar-refractivity contribution in [3.05, 3.63) is 77.1 Å². The number of hydrogen-bond donors (Lipinski definition) is 0. The molecule has 0 bridgehead atoms. The lowest BCUT2D eigenvalue weighted by Gasteiger charge is -2.14. The monoisotopic (exact) mass is 348 g/mol. The predicted octanol–water partition coefficient (Wildman–Crippen LogP) is 4.12. The molecule has 2 aromatic carbocycles. The largest absolute Gasteiger partial charge is 0.212 e. The van der Waals surface area contributed by atoms with Crippen molar-refractivity contribution in [3.63, 3.8) is 0 Å². The van der Waals surface area contributed by atoms with Crippen molar-refractivity contribution >= 4 is 17.5 Å². The normalized spacial score (nSPS) is 13.4. The Labute approximate surface area is 152 Å². The Bertz CT molecular complexity index is 882. The molecule has 1 aliphatic rings. The van der Waals surface area contributed by atoms with Crippen LogP contribution in [-0.2, 0) is 12.8 Å². The summed E-state index contributed by atoms with van der Waals surface area (Å²) in [5.74, 6) is 1.79. The third-order valence-corrected chi connectivity index (χ3v) is 5.26. The molecule has 25 heavy (non-hydrogen) atoms. The number of benzene rings is 2. The van der Waals surface area contributed by atoms with Crippen LogP contribution in [0.4, 0.5) is 0 Å². The first-order chi connectivity index (χ1) is 12.3. The van der Waals surface area contributed by atoms with Crippen LogP contribution in [-0.4, -0.2) is 26.3 Å². The number of fused-ring (bicyclic) bond motifs is 1. The Morgan fingerprint density at radius 3 is 2.56 bits per heavy atom. The van der Waals surface area contributed by atoms with Crippen molar-refractivity contribution in [2.45, 2.75) is 31.3 Å². The van der Waals surface area contributed by atoms with E-state index in [1.165, 1.54) is 16.7 Å². The highest BCUT2D eigenvalue weighted by Crippen LogP contribution is 2.24. The highest BCUT2D eigenvalue weighted by Gasteiger charge is 2.19. The van der Waals surface area contributed by atoms with Gasteiger partial charge in [0.05, 0.1) is 5.71 Å². The number of aryl methyl sites for hydroxylation is 3. The van der Waals surface area contributed by atoms with E-state index in [0.717, 1.165) is 41.7 Å². The molecule has 0 saturated heterocycles. The molecule has 0 radical (unpaired) electrons. The fourth-order valence-electron chi connectivity index (χ4n) is 2.91. The quantitative estimate of drug-likeness (QED) is 0.696. The fourth-order valence-corrected chi connectivity index (χ4v) is 3.76. The Morgan fingerprint density at radius 2 is 1.76 bits per heavy atom. The summed E-state index contributed by atoms with van der Waals surface area (Å²) in [5, 5.41) is 14.4. The highest BCUT2D eigenvalue weighted by molar-refractivity contribution is 7.99. The Balaban J connectivity index is 1.50. The van der Waals surface area contributed by atoms with Crippen LogP contribution < -0.4 is 0 Å². The minimum absolute atomic E-state index is 0.839. The molecule has 5 heteroatoms. The van der Waals surface area contributed by atoms with Crippen molar-refractivity contribution in [1.29, 1.82) is 0 Å². The van der Waals surface area contributed by atoms with Crippen LogP contribution in [0.5, 0.6) is 0 Å². The molecule has 2 heterocycles. The minimum Gasteiger partial charge on any atom is -0.191 e. The summed E-state index contributed by atoms with van der Waals surface area (Å²) in [6.45, 7) is 2.10. The van der Waals surface area contributed by atoms with Crippen LogP contribution in [0.15, 0.2) is 64.9 Å². The first-order valence-corrected chi connectivity index (χ1v) is 9.54. The Hall–Kier alpha value is -2.40. The van der Waals surface area contributed by atoms with E-state index >= 15 is 0 Å². The number of rotatable bonds is 5. The van der Waals surface area contributed by atoms with Crippen molar-refractivity contribution < 1.29 is 0 Å². The van der Waals surface area contributed by atoms with Gasteiger partial charge in [-0.3, -0.25) is 0 Å². The number of nitrogens with zero attached hydrogens (tertiary/aromatic N) is 4. The Kier molecular flexibility index (Phi) is 4.65. The average molecular weight is 348 g/mol. The summed E-state index contributed by atoms with van der Waals surface area (Å²) in [7, 11) is 0. The molecule has 0 fully saturated rings. The smallest absolute Gasteiger partial charge is 0.191 e. The molecule has 126 valence electrons. The zero-order valence-electron chi connectivity index (χ0n) is 14.2. The van der Waals surface area contributed by atoms with Gasteiger partial charge in [0.1, 0.15) is 0 Å². The summed E-state index contributed by atoms with van der Waals surface area (Å²) in [6.07, 6.45) is 2.97. The third-order valence-electron chi connectivity index (χ3n) is 4.33. The van der Waals surface area contributed by atoms with Gasteiger partial charge >= 0.3 is 0 Å². The van der Waals surface area contributed by atoms with Gasteiger partial charge in [0.15, 0.2) is 5.82 Å². The molecule has 0 amide bonds. The molecular weight excluding hydrogens is 328 g/mol. The summed E-state index contributed by atoms with van der Waals surface area (Å²) >= 11 is 1.71. The lowest BCUT2D eigenvalue weighted by atomic mass is 10.1. The van der Waals surface area contributed by atoms with Crippen LogP contribution >= 0.6 is 11.8 Å². The van der Waals surface area contributed by atoms with E-state index in [9.17, 15) is 0 Å². The fraction of sp³-hybridized carbons (Fsp3) is 0.250. The molecule has 1 aliphatic heterocycles. The van der Waals surface area contributed by atoms with Gasteiger partial charge in [0, 0.05) is 12.2 Å². The van der Waals surface area contributed by atoms with Gasteiger partial charge < -0.3 is 0 Å². The van der Waals surface area contributed by atoms with Gasteiger partial charge in [-0.25, -0.2) is 0 Å². The van der Waals surface area contributed by atoms with E-state index in [0.29, 0.717) is 0 Å². The molecule has 4 rings (SSSR count). The van der Waals surface area contributed by atoms with E-state index in [-0.39, 0.29) is 0 Å². The number of thioether (sulfide) groups is 1. The van der Waals surface area contributed by atoms with E-state index in [1.807, 2.05) is 4.68 Å². The lowest BCUT2D eigenvalue weighted by Crippen LogP contribution is -2.14.